The number of hydrogen-bond donors (Lipinski definition) is 2. The first-order valence-corrected chi connectivity index (χ1v) is 11.2. The number of hydrogen-bond acceptors (Lipinski definition) is 6. The molecule has 0 saturated carbocycles. The molecule has 0 aliphatic rings. The van der Waals surface area contributed by atoms with Crippen LogP contribution in [-0.2, 0) is 33.1 Å². The molecule has 0 radical (unpaired) electrons. The van der Waals surface area contributed by atoms with Crippen molar-refractivity contribution in [3.63, 3.8) is 0 Å². The van der Waals surface area contributed by atoms with Gasteiger partial charge in [-0.25, -0.2) is 18.4 Å². The summed E-state index contributed by atoms with van der Waals surface area (Å²) in [6, 6.07) is 9.14. The van der Waals surface area contributed by atoms with Crippen molar-refractivity contribution in [1.82, 2.24) is 19.9 Å². The first-order chi connectivity index (χ1) is 14.5. The second kappa shape index (κ2) is 8.92. The average molecular weight is 455 g/mol. The van der Waals surface area contributed by atoms with Gasteiger partial charge in [0, 0.05) is 25.5 Å². The monoisotopic (exact) mass is 455 g/mol. The molecule has 1 aromatic carbocycles. The van der Waals surface area contributed by atoms with Crippen molar-refractivity contribution in [2.24, 2.45) is 0 Å². The lowest BCUT2D eigenvalue weighted by Crippen LogP contribution is -2.32. The summed E-state index contributed by atoms with van der Waals surface area (Å²) in [4.78, 5) is 20.4. The third-order valence-electron chi connectivity index (χ3n) is 4.27. The van der Waals surface area contributed by atoms with Gasteiger partial charge in [-0.2, -0.15) is 13.2 Å². The Balaban J connectivity index is 1.57. The van der Waals surface area contributed by atoms with Gasteiger partial charge in [0.15, 0.2) is 9.84 Å². The van der Waals surface area contributed by atoms with Crippen LogP contribution in [0.25, 0.3) is 11.0 Å². The number of carbonyl (C=O) groups is 1. The highest BCUT2D eigenvalue weighted by Crippen LogP contribution is 2.28. The molecule has 1 amide bonds. The van der Waals surface area contributed by atoms with Crippen molar-refractivity contribution in [2.45, 2.75) is 18.5 Å². The molecule has 2 N–H and O–H groups in total. The van der Waals surface area contributed by atoms with Gasteiger partial charge in [0.05, 0.1) is 16.6 Å². The zero-order valence-corrected chi connectivity index (χ0v) is 17.3. The number of para-hydroxylation sites is 2. The summed E-state index contributed by atoms with van der Waals surface area (Å²) in [7, 11) is -3.35. The first-order valence-electron chi connectivity index (χ1n) is 9.18. The maximum atomic E-state index is 12.5. The molecule has 0 bridgehead atoms. The number of pyridine rings is 1. The molecule has 166 valence electrons. The third kappa shape index (κ3) is 6.17. The molecule has 0 aliphatic heterocycles. The number of nitrogens with one attached hydrogen (secondary N) is 2. The van der Waals surface area contributed by atoms with Crippen molar-refractivity contribution in [3.8, 4) is 0 Å². The number of imidazole rings is 1. The van der Waals surface area contributed by atoms with E-state index >= 15 is 0 Å². The van der Waals surface area contributed by atoms with E-state index < -0.39 is 21.6 Å². The maximum Gasteiger partial charge on any atom is 0.417 e. The minimum absolute atomic E-state index is 0.121. The fourth-order valence-electron chi connectivity index (χ4n) is 2.90. The lowest BCUT2D eigenvalue weighted by molar-refractivity contribution is -0.137. The summed E-state index contributed by atoms with van der Waals surface area (Å²) < 4.78 is 62.6. The van der Waals surface area contributed by atoms with Gasteiger partial charge in [0.1, 0.15) is 23.9 Å². The minimum Gasteiger partial charge on any atom is -0.368 e. The van der Waals surface area contributed by atoms with Crippen LogP contribution in [0.5, 0.6) is 0 Å². The molecule has 8 nitrogen and oxygen atoms in total. The Hall–Kier alpha value is -3.15. The highest BCUT2D eigenvalue weighted by molar-refractivity contribution is 7.89. The molecule has 12 heteroatoms. The van der Waals surface area contributed by atoms with E-state index in [0.717, 1.165) is 18.5 Å². The van der Waals surface area contributed by atoms with Gasteiger partial charge in [0.2, 0.25) is 5.91 Å². The number of nitrogens with zero attached hydrogens (tertiary/aromatic N) is 3. The molecule has 2 aromatic heterocycles. The number of carbonyl (C=O) groups excluding carboxylic acids is 1. The predicted octanol–water partition coefficient (Wildman–Crippen LogP) is 2.22. The fourth-order valence-corrected chi connectivity index (χ4v) is 3.59. The van der Waals surface area contributed by atoms with Gasteiger partial charge >= 0.3 is 6.18 Å². The van der Waals surface area contributed by atoms with Crippen molar-refractivity contribution >= 4 is 32.6 Å². The smallest absolute Gasteiger partial charge is 0.368 e. The highest BCUT2D eigenvalue weighted by Gasteiger charge is 2.30. The van der Waals surface area contributed by atoms with Crippen LogP contribution in [0, 0.1) is 0 Å². The fraction of sp³-hybridized carbons (Fsp3) is 0.316. The van der Waals surface area contributed by atoms with Crippen LogP contribution < -0.4 is 10.6 Å². The lowest BCUT2D eigenvalue weighted by atomic mass is 10.3. The van der Waals surface area contributed by atoms with Crippen molar-refractivity contribution in [3.05, 3.63) is 54.0 Å². The van der Waals surface area contributed by atoms with E-state index in [1.165, 1.54) is 6.07 Å². The highest BCUT2D eigenvalue weighted by atomic mass is 32.2. The summed E-state index contributed by atoms with van der Waals surface area (Å²) in [5.74, 6) is -0.139. The van der Waals surface area contributed by atoms with Gasteiger partial charge < -0.3 is 15.2 Å². The van der Waals surface area contributed by atoms with Crippen molar-refractivity contribution in [1.29, 1.82) is 0 Å². The molecule has 0 unspecified atom stereocenters. The van der Waals surface area contributed by atoms with Crippen LogP contribution >= 0.6 is 0 Å². The molecule has 0 spiro atoms. The third-order valence-corrected chi connectivity index (χ3v) is 5.05. The largest absolute Gasteiger partial charge is 0.417 e. The molecule has 3 rings (SSSR count). The van der Waals surface area contributed by atoms with Crippen molar-refractivity contribution < 1.29 is 26.4 Å². The van der Waals surface area contributed by atoms with E-state index in [2.05, 4.69) is 20.6 Å². The summed E-state index contributed by atoms with van der Waals surface area (Å²) in [5.41, 5.74) is 0.385. The lowest BCUT2D eigenvalue weighted by Gasteiger charge is -2.11. The number of sulfone groups is 1. The van der Waals surface area contributed by atoms with Gasteiger partial charge in [-0.1, -0.05) is 12.1 Å². The molecular formula is C19H20F3N5O3S. The quantitative estimate of drug-likeness (QED) is 0.505. The summed E-state index contributed by atoms with van der Waals surface area (Å²) >= 11 is 0. The van der Waals surface area contributed by atoms with E-state index in [9.17, 15) is 26.4 Å². The molecule has 2 heterocycles. The molecule has 31 heavy (non-hydrogen) atoms. The topological polar surface area (TPSA) is 106 Å². The maximum absolute atomic E-state index is 12.5. The Kier molecular flexibility index (Phi) is 6.48. The second-order valence-electron chi connectivity index (χ2n) is 6.88. The van der Waals surface area contributed by atoms with E-state index in [4.69, 9.17) is 0 Å². The minimum atomic E-state index is -4.45. The number of alkyl halides is 3. The van der Waals surface area contributed by atoms with E-state index in [1.807, 2.05) is 0 Å². The molecule has 0 aliphatic carbocycles. The number of aromatic nitrogens is 3. The molecule has 0 atom stereocenters. The molecule has 0 fully saturated rings. The number of halogens is 3. The average Bonchev–Trinajstić information content (AvgIpc) is 3.00. The van der Waals surface area contributed by atoms with Gasteiger partial charge in [-0.05, 0) is 24.3 Å². The van der Waals surface area contributed by atoms with Crippen LogP contribution in [0.15, 0.2) is 42.6 Å². The van der Waals surface area contributed by atoms with Gasteiger partial charge in [-0.15, -0.1) is 0 Å². The zero-order valence-electron chi connectivity index (χ0n) is 16.5. The summed E-state index contributed by atoms with van der Waals surface area (Å²) in [6.07, 6.45) is -2.63. The Labute approximate surface area is 176 Å². The van der Waals surface area contributed by atoms with Gasteiger partial charge in [0.25, 0.3) is 0 Å². The zero-order chi connectivity index (χ0) is 22.6. The summed E-state index contributed by atoms with van der Waals surface area (Å²) in [5, 5.41) is 5.49. The number of fused-ring (bicyclic) bond motifs is 1. The molecule has 3 aromatic rings. The van der Waals surface area contributed by atoms with E-state index in [0.29, 0.717) is 11.0 Å². The number of rotatable bonds is 8. The van der Waals surface area contributed by atoms with Crippen LogP contribution in [0.3, 0.4) is 0 Å². The van der Waals surface area contributed by atoms with E-state index in [1.54, 1.807) is 28.8 Å². The summed E-state index contributed by atoms with van der Waals surface area (Å²) in [6.45, 7) is 0.310. The van der Waals surface area contributed by atoms with Gasteiger partial charge in [-0.3, -0.25) is 4.79 Å². The van der Waals surface area contributed by atoms with Crippen LogP contribution in [0.2, 0.25) is 0 Å². The number of amides is 1. The van der Waals surface area contributed by atoms with E-state index in [-0.39, 0.29) is 42.9 Å². The van der Waals surface area contributed by atoms with Crippen LogP contribution in [-0.4, -0.2) is 48.2 Å². The SMILES string of the molecule is CS(=O)(=O)Cc1nc2ccccc2n1CC(=O)NCCNc1ccc(C(F)(F)F)cn1. The predicted molar refractivity (Wildman–Crippen MR) is 109 cm³/mol. The number of benzene rings is 1. The Morgan fingerprint density at radius 2 is 1.87 bits per heavy atom. The molecule has 0 saturated heterocycles. The number of anilines is 1. The Morgan fingerprint density at radius 1 is 1.13 bits per heavy atom. The standard InChI is InChI=1S/C19H20F3N5O3S/c1-31(29,30)12-17-26-14-4-2-3-5-15(14)27(17)11-18(28)24-9-8-23-16-7-6-13(10-25-16)19(20,21)22/h2-7,10H,8-9,11-12H2,1H3,(H,23,25)(H,24,28). The second-order valence-corrected chi connectivity index (χ2v) is 9.02. The van der Waals surface area contributed by atoms with Crippen LogP contribution in [0.4, 0.5) is 19.0 Å². The molecular weight excluding hydrogens is 435 g/mol. The Bertz CT molecular complexity index is 1170. The normalized spacial score (nSPS) is 12.1. The van der Waals surface area contributed by atoms with Crippen LogP contribution in [0.1, 0.15) is 11.4 Å². The Morgan fingerprint density at radius 3 is 2.52 bits per heavy atom. The first kappa shape index (κ1) is 22.5. The van der Waals surface area contributed by atoms with Crippen molar-refractivity contribution in [2.75, 3.05) is 24.7 Å².